The lowest BCUT2D eigenvalue weighted by Crippen LogP contribution is -2.78. The number of carbonyl (C=O) groups is 10. The summed E-state index contributed by atoms with van der Waals surface area (Å²) in [7, 11) is 1.50. The van der Waals surface area contributed by atoms with Gasteiger partial charge in [0.25, 0.3) is 5.91 Å². The first-order valence-electron chi connectivity index (χ1n) is 32.1. The number of aliphatic carboxylic acids is 1. The number of aromatic hydroxyl groups is 1. The van der Waals surface area contributed by atoms with Gasteiger partial charge in [-0.25, -0.2) is 9.97 Å². The van der Waals surface area contributed by atoms with Crippen LogP contribution in [0.3, 0.4) is 0 Å². The fourth-order valence-electron chi connectivity index (χ4n) is 10.4. The molecule has 0 saturated carbocycles. The van der Waals surface area contributed by atoms with Crippen LogP contribution in [0, 0.1) is 29.6 Å². The van der Waals surface area contributed by atoms with Gasteiger partial charge in [-0.3, -0.25) is 64.4 Å². The maximum absolute atomic E-state index is 15.0. The van der Waals surface area contributed by atoms with Crippen molar-refractivity contribution in [2.24, 2.45) is 41.1 Å². The molecule has 1 heterocycles. The standard InChI is InChI=1S/C68H95N11O15/c1-6-27-71-61-59(78-62(72-28-7-2)60(79-61)66(91)73-30-31-94-5)55(84)22-14-20-51(83)36-48(40-80)65(90)77-53(34-44-18-12-9-13-19-44)58(87)38-47(33-43-16-10-8-11-17-43)64(89)76-54(35-45-23-25-50(82)26-24-45)57(86)37-46(32-42(3)4)63(88)75-52(21-15-29-74-68(69)70)56(85)39-49(41-81)67(92)93/h8-13,16-19,23-26,42,46-49,52-54,80-82H,6-7,14-15,20-22,27-41H2,1-5H3,(H,71,79)(H,72,78)(H,73,91)(H,75,88)(H,76,89)(H,77,90)(H,92,93)(H4,69,70,74)/p+1. The molecule has 0 fully saturated rings. The quantitative estimate of drug-likeness (QED) is 0.0131. The number of phenols is 1. The summed E-state index contributed by atoms with van der Waals surface area (Å²) in [4.78, 5) is 151. The van der Waals surface area contributed by atoms with Crippen molar-refractivity contribution in [2.45, 2.75) is 142 Å². The van der Waals surface area contributed by atoms with Crippen LogP contribution in [-0.4, -0.2) is 166 Å². The number of aliphatic hydroxyl groups is 2. The minimum atomic E-state index is -1.44. The first-order valence-corrected chi connectivity index (χ1v) is 32.1. The van der Waals surface area contributed by atoms with Gasteiger partial charge in [-0.1, -0.05) is 100 Å². The van der Waals surface area contributed by atoms with E-state index in [9.17, 15) is 63.6 Å². The van der Waals surface area contributed by atoms with Crippen molar-refractivity contribution in [3.8, 4) is 5.75 Å². The first kappa shape index (κ1) is 77.4. The van der Waals surface area contributed by atoms with Gasteiger partial charge in [-0.2, -0.15) is 0 Å². The number of anilines is 2. The number of rotatable bonds is 47. The number of phenolic OH excluding ortho intramolecular Hbond substituents is 1. The molecular weight excluding hydrogens is 1210 g/mol. The number of carboxylic acids is 1. The van der Waals surface area contributed by atoms with Crippen LogP contribution in [0.5, 0.6) is 5.75 Å². The number of amides is 4. The Balaban J connectivity index is 1.60. The summed E-state index contributed by atoms with van der Waals surface area (Å²) < 4.78 is 5.05. The second-order valence-electron chi connectivity index (χ2n) is 23.8. The van der Waals surface area contributed by atoms with E-state index in [1.807, 2.05) is 27.7 Å². The zero-order chi connectivity index (χ0) is 69.1. The number of hydrogen-bond acceptors (Lipinski definition) is 18. The monoisotopic (exact) mass is 1310 g/mol. The van der Waals surface area contributed by atoms with Crippen molar-refractivity contribution in [1.82, 2.24) is 31.2 Å². The number of benzene rings is 3. The number of methoxy groups -OCH3 is 1. The van der Waals surface area contributed by atoms with Crippen molar-refractivity contribution in [1.29, 1.82) is 0 Å². The van der Waals surface area contributed by atoms with Crippen LogP contribution in [0.15, 0.2) is 84.9 Å². The molecule has 3 aromatic carbocycles. The fourth-order valence-corrected chi connectivity index (χ4v) is 10.4. The Bertz CT molecular complexity index is 3150. The van der Waals surface area contributed by atoms with Crippen molar-refractivity contribution in [3.05, 3.63) is 113 Å². The summed E-state index contributed by atoms with van der Waals surface area (Å²) in [5, 5.41) is 57.4. The molecule has 0 saturated heterocycles. The molecule has 26 nitrogen and oxygen atoms in total. The maximum atomic E-state index is 15.0. The Kier molecular flexibility index (Phi) is 34.2. The molecular formula is C68H96N11O15+. The van der Waals surface area contributed by atoms with Crippen molar-refractivity contribution in [2.75, 3.05) is 63.7 Å². The molecule has 26 heteroatoms. The number of nitrogens with zero attached hydrogens (tertiary/aromatic N) is 2. The number of Topliss-reactive ketones (excluding diaryl/α,β-unsaturated/α-hetero) is 5. The number of aromatic nitrogens is 2. The molecule has 1 aromatic heterocycles. The Hall–Kier alpha value is -9.01. The second-order valence-corrected chi connectivity index (χ2v) is 23.8. The number of aliphatic hydroxyl groups excluding tert-OH is 2. The SMILES string of the molecule is CCCNc1nc(C(=O)NCCOC)c(NCCC)nc1C(=O)CCCC(=O)CC(CO)C(=O)NC(Cc1ccccc1)C(=O)CC(Cc1ccccc1)C(=O)NC(Cc1ccc(O)cc1)C(=O)CC(CC(C)C)C(=O)NC(CCC[NH+]=C(N)N)C(=O)CC(CO)C(=O)O. The van der Waals surface area contributed by atoms with Gasteiger partial charge in [0, 0.05) is 77.1 Å². The van der Waals surface area contributed by atoms with Crippen LogP contribution in [-0.2, 0) is 62.4 Å². The zero-order valence-corrected chi connectivity index (χ0v) is 54.6. The number of nitrogens with two attached hydrogens (primary N) is 2. The molecule has 94 heavy (non-hydrogen) atoms. The number of guanidine groups is 1. The van der Waals surface area contributed by atoms with Gasteiger partial charge >= 0.3 is 11.9 Å². The van der Waals surface area contributed by atoms with Crippen LogP contribution >= 0.6 is 0 Å². The molecule has 15 N–H and O–H groups in total. The van der Waals surface area contributed by atoms with E-state index in [-0.39, 0.29) is 118 Å². The molecule has 4 aromatic rings. The van der Waals surface area contributed by atoms with Gasteiger partial charge in [0.15, 0.2) is 46.2 Å². The predicted molar refractivity (Wildman–Crippen MR) is 352 cm³/mol. The van der Waals surface area contributed by atoms with Gasteiger partial charge in [0.05, 0.1) is 56.3 Å². The highest BCUT2D eigenvalue weighted by Crippen LogP contribution is 2.25. The molecule has 7 unspecified atom stereocenters. The number of carbonyl (C=O) groups excluding carboxylic acids is 9. The van der Waals surface area contributed by atoms with Crippen LogP contribution < -0.4 is 48.4 Å². The Morgan fingerprint density at radius 3 is 1.60 bits per heavy atom. The van der Waals surface area contributed by atoms with Gasteiger partial charge in [0.2, 0.25) is 17.7 Å². The third-order valence-electron chi connectivity index (χ3n) is 15.5. The fraction of sp³-hybridized carbons (Fsp3) is 0.515. The summed E-state index contributed by atoms with van der Waals surface area (Å²) in [6.45, 7) is 7.40. The number of ether oxygens (including phenoxy) is 1. The first-order chi connectivity index (χ1) is 45.0. The van der Waals surface area contributed by atoms with Crippen LogP contribution in [0.2, 0.25) is 0 Å². The molecule has 0 aliphatic heterocycles. The lowest BCUT2D eigenvalue weighted by atomic mass is 9.86. The van der Waals surface area contributed by atoms with E-state index in [0.717, 1.165) is 0 Å². The average Bonchev–Trinajstić information content (AvgIpc) is 0.839. The Morgan fingerprint density at radius 2 is 1.06 bits per heavy atom. The normalized spacial score (nSPS) is 13.4. The summed E-state index contributed by atoms with van der Waals surface area (Å²) in [6, 6.07) is 19.6. The molecule has 0 bridgehead atoms. The summed E-state index contributed by atoms with van der Waals surface area (Å²) in [6.07, 6.45) is -0.699. The largest absolute Gasteiger partial charge is 0.508 e. The van der Waals surface area contributed by atoms with E-state index < -0.39 is 139 Å². The molecule has 7 atom stereocenters. The molecule has 0 aliphatic carbocycles. The highest BCUT2D eigenvalue weighted by molar-refractivity contribution is 6.03. The summed E-state index contributed by atoms with van der Waals surface area (Å²) in [5.41, 5.74) is 12.8. The van der Waals surface area contributed by atoms with Gasteiger partial charge in [-0.05, 0) is 92.5 Å². The van der Waals surface area contributed by atoms with Gasteiger partial charge in [-0.15, -0.1) is 0 Å². The molecule has 0 spiro atoms. The molecule has 0 radical (unpaired) electrons. The van der Waals surface area contributed by atoms with E-state index in [1.54, 1.807) is 72.8 Å². The predicted octanol–water partition coefficient (Wildman–Crippen LogP) is 2.29. The van der Waals surface area contributed by atoms with Gasteiger partial charge in [0.1, 0.15) is 11.5 Å². The van der Waals surface area contributed by atoms with E-state index in [2.05, 4.69) is 46.9 Å². The lowest BCUT2D eigenvalue weighted by molar-refractivity contribution is -0.459. The number of carboxylic acid groups (broad SMARTS) is 1. The summed E-state index contributed by atoms with van der Waals surface area (Å²) in [5.74, 6) is -12.0. The second kappa shape index (κ2) is 41.6. The summed E-state index contributed by atoms with van der Waals surface area (Å²) >= 11 is 0. The third-order valence-corrected chi connectivity index (χ3v) is 15.5. The molecule has 512 valence electrons. The third kappa shape index (κ3) is 27.3. The zero-order valence-electron chi connectivity index (χ0n) is 54.6. The molecule has 4 rings (SSSR count). The number of ketones is 5. The van der Waals surface area contributed by atoms with Crippen LogP contribution in [0.25, 0.3) is 0 Å². The van der Waals surface area contributed by atoms with Crippen LogP contribution in [0.1, 0.15) is 142 Å². The smallest absolute Gasteiger partial charge is 0.338 e. The van der Waals surface area contributed by atoms with E-state index in [4.69, 9.17) is 16.2 Å². The van der Waals surface area contributed by atoms with E-state index in [0.29, 0.717) is 42.6 Å². The molecule has 4 amide bonds. The van der Waals surface area contributed by atoms with Crippen molar-refractivity contribution in [3.63, 3.8) is 0 Å². The van der Waals surface area contributed by atoms with Crippen molar-refractivity contribution < 1.29 is 78.1 Å². The minimum Gasteiger partial charge on any atom is -0.508 e. The van der Waals surface area contributed by atoms with Crippen LogP contribution in [0.4, 0.5) is 11.6 Å². The average molecular weight is 1310 g/mol. The van der Waals surface area contributed by atoms with Gasteiger partial charge < -0.3 is 57.1 Å². The maximum Gasteiger partial charge on any atom is 0.338 e. The number of hydrogen-bond donors (Lipinski definition) is 13. The number of nitrogens with one attached hydrogen (secondary N) is 7. The van der Waals surface area contributed by atoms with E-state index >= 15 is 4.79 Å². The lowest BCUT2D eigenvalue weighted by Gasteiger charge is -2.27. The highest BCUT2D eigenvalue weighted by atomic mass is 16.5. The molecule has 0 aliphatic rings. The topological polar surface area (TPSA) is 425 Å². The Labute approximate surface area is 549 Å². The Morgan fingerprint density at radius 1 is 0.574 bits per heavy atom. The van der Waals surface area contributed by atoms with E-state index in [1.165, 1.54) is 19.2 Å². The highest BCUT2D eigenvalue weighted by Gasteiger charge is 2.36. The van der Waals surface area contributed by atoms with Crippen molar-refractivity contribution >= 4 is 76.1 Å². The minimum absolute atomic E-state index is 0.0153.